The van der Waals surface area contributed by atoms with Crippen LogP contribution in [0.25, 0.3) is 0 Å². The zero-order valence-corrected chi connectivity index (χ0v) is 9.07. The SMILES string of the molecule is Cc1ccccc1S(=O)(=O)N(Cl)Cl. The van der Waals surface area contributed by atoms with E-state index in [1.54, 1.807) is 25.1 Å². The number of aryl methyl sites for hydroxylation is 1. The molecule has 1 aromatic carbocycles. The van der Waals surface area contributed by atoms with Gasteiger partial charge in [-0.3, -0.25) is 0 Å². The van der Waals surface area contributed by atoms with Crippen LogP contribution >= 0.6 is 23.6 Å². The zero-order valence-electron chi connectivity index (χ0n) is 6.74. The van der Waals surface area contributed by atoms with Crippen molar-refractivity contribution in [3.63, 3.8) is 0 Å². The molecule has 0 aromatic heterocycles. The number of nitrogens with zero attached hydrogens (tertiary/aromatic N) is 1. The molecular weight excluding hydrogens is 233 g/mol. The van der Waals surface area contributed by atoms with Crippen molar-refractivity contribution in [3.05, 3.63) is 29.8 Å². The average Bonchev–Trinajstić information content (AvgIpc) is 2.04. The van der Waals surface area contributed by atoms with Crippen molar-refractivity contribution in [3.8, 4) is 0 Å². The maximum absolute atomic E-state index is 11.4. The highest BCUT2D eigenvalue weighted by Gasteiger charge is 2.22. The molecule has 3 nitrogen and oxygen atoms in total. The molecule has 6 heteroatoms. The first kappa shape index (κ1) is 10.8. The standard InChI is InChI=1S/C7H7Cl2NO2S/c1-6-4-2-3-5-7(6)13(11,12)10(8)9/h2-5H,1H3. The molecule has 0 aliphatic rings. The highest BCUT2D eigenvalue weighted by atomic mass is 35.5. The second kappa shape index (κ2) is 3.84. The third-order valence-corrected chi connectivity index (χ3v) is 4.02. The van der Waals surface area contributed by atoms with E-state index in [1.807, 2.05) is 0 Å². The summed E-state index contributed by atoms with van der Waals surface area (Å²) in [4.78, 5) is 0.111. The van der Waals surface area contributed by atoms with Crippen LogP contribution in [0.3, 0.4) is 0 Å². The quantitative estimate of drug-likeness (QED) is 0.743. The minimum absolute atomic E-state index is 0.111. The lowest BCUT2D eigenvalue weighted by atomic mass is 10.2. The fraction of sp³-hybridized carbons (Fsp3) is 0.143. The molecule has 0 bridgehead atoms. The third kappa shape index (κ3) is 2.14. The Kier molecular flexibility index (Phi) is 3.18. The Morgan fingerprint density at radius 2 is 1.77 bits per heavy atom. The highest BCUT2D eigenvalue weighted by Crippen LogP contribution is 2.22. The first-order chi connectivity index (χ1) is 5.96. The number of sulfonamides is 1. The number of benzene rings is 1. The molecule has 0 atom stereocenters. The van der Waals surface area contributed by atoms with Crippen molar-refractivity contribution in [2.75, 3.05) is 0 Å². The van der Waals surface area contributed by atoms with Crippen LogP contribution in [0.5, 0.6) is 0 Å². The predicted octanol–water partition coefficient (Wildman–Crippen LogP) is 2.29. The van der Waals surface area contributed by atoms with E-state index in [-0.39, 0.29) is 8.24 Å². The highest BCUT2D eigenvalue weighted by molar-refractivity contribution is 7.91. The number of hydrogen-bond donors (Lipinski definition) is 0. The molecule has 1 rings (SSSR count). The van der Waals surface area contributed by atoms with Crippen LogP contribution in [0.4, 0.5) is 0 Å². The second-order valence-electron chi connectivity index (χ2n) is 2.44. The van der Waals surface area contributed by atoms with Gasteiger partial charge in [-0.2, -0.15) is 0 Å². The molecule has 0 fully saturated rings. The van der Waals surface area contributed by atoms with Gasteiger partial charge in [0.05, 0.1) is 4.90 Å². The minimum atomic E-state index is -3.74. The van der Waals surface area contributed by atoms with Crippen molar-refractivity contribution in [1.29, 1.82) is 0 Å². The summed E-state index contributed by atoms with van der Waals surface area (Å²) in [5.74, 6) is 0. The fourth-order valence-corrected chi connectivity index (χ4v) is 2.24. The summed E-state index contributed by atoms with van der Waals surface area (Å²) in [6.07, 6.45) is 0. The van der Waals surface area contributed by atoms with Crippen LogP contribution in [0.15, 0.2) is 29.2 Å². The molecule has 0 N–H and O–H groups in total. The Morgan fingerprint density at radius 3 is 2.23 bits per heavy atom. The Bertz CT molecular complexity index is 403. The Hall–Kier alpha value is -0.290. The van der Waals surface area contributed by atoms with E-state index >= 15 is 0 Å². The normalized spacial score (nSPS) is 12.0. The van der Waals surface area contributed by atoms with Crippen molar-refractivity contribution in [2.24, 2.45) is 0 Å². The summed E-state index contributed by atoms with van der Waals surface area (Å²) < 4.78 is 23.0. The smallest absolute Gasteiger partial charge is 0.204 e. The molecule has 0 saturated carbocycles. The summed E-state index contributed by atoms with van der Waals surface area (Å²) in [6.45, 7) is 1.67. The van der Waals surface area contributed by atoms with Crippen LogP contribution < -0.4 is 0 Å². The molecule has 0 aliphatic heterocycles. The van der Waals surface area contributed by atoms with Crippen molar-refractivity contribution in [2.45, 2.75) is 11.8 Å². The molecule has 0 spiro atoms. The third-order valence-electron chi connectivity index (χ3n) is 1.55. The molecule has 1 aromatic rings. The van der Waals surface area contributed by atoms with E-state index in [1.165, 1.54) is 6.07 Å². The van der Waals surface area contributed by atoms with E-state index in [2.05, 4.69) is 0 Å². The van der Waals surface area contributed by atoms with E-state index < -0.39 is 10.0 Å². The van der Waals surface area contributed by atoms with Gasteiger partial charge in [0.15, 0.2) is 0 Å². The minimum Gasteiger partial charge on any atom is -0.204 e. The summed E-state index contributed by atoms with van der Waals surface area (Å²) in [5.41, 5.74) is 0.605. The molecule has 13 heavy (non-hydrogen) atoms. The lowest BCUT2D eigenvalue weighted by Crippen LogP contribution is -2.13. The Morgan fingerprint density at radius 1 is 1.23 bits per heavy atom. The predicted molar refractivity (Wildman–Crippen MR) is 51.9 cm³/mol. The molecule has 72 valence electrons. The maximum Gasteiger partial charge on any atom is 0.270 e. The van der Waals surface area contributed by atoms with Gasteiger partial charge in [-0.05, 0) is 21.9 Å². The van der Waals surface area contributed by atoms with Crippen LogP contribution in [0.2, 0.25) is 0 Å². The molecular formula is C7H7Cl2NO2S. The lowest BCUT2D eigenvalue weighted by molar-refractivity contribution is 0.579. The van der Waals surface area contributed by atoms with Crippen LogP contribution in [-0.4, -0.2) is 11.8 Å². The van der Waals surface area contributed by atoms with E-state index in [4.69, 9.17) is 23.6 Å². The molecule has 0 unspecified atom stereocenters. The van der Waals surface area contributed by atoms with Crippen molar-refractivity contribution < 1.29 is 8.42 Å². The largest absolute Gasteiger partial charge is 0.270 e. The fourth-order valence-electron chi connectivity index (χ4n) is 0.920. The van der Waals surface area contributed by atoms with Gasteiger partial charge in [-0.25, -0.2) is 8.42 Å². The van der Waals surface area contributed by atoms with E-state index in [0.717, 1.165) is 0 Å². The summed E-state index contributed by atoms with van der Waals surface area (Å²) >= 11 is 10.4. The monoisotopic (exact) mass is 239 g/mol. The van der Waals surface area contributed by atoms with Gasteiger partial charge < -0.3 is 0 Å². The van der Waals surface area contributed by atoms with Gasteiger partial charge >= 0.3 is 0 Å². The van der Waals surface area contributed by atoms with Gasteiger partial charge in [0.25, 0.3) is 10.0 Å². The molecule has 0 radical (unpaired) electrons. The molecule has 0 aliphatic carbocycles. The Labute approximate surface area is 87.1 Å². The number of rotatable bonds is 2. The van der Waals surface area contributed by atoms with Crippen molar-refractivity contribution >= 4 is 33.6 Å². The van der Waals surface area contributed by atoms with Gasteiger partial charge in [0.1, 0.15) is 0 Å². The maximum atomic E-state index is 11.4. The van der Waals surface area contributed by atoms with E-state index in [9.17, 15) is 8.42 Å². The first-order valence-corrected chi connectivity index (χ1v) is 5.50. The van der Waals surface area contributed by atoms with Crippen molar-refractivity contribution in [1.82, 2.24) is 3.34 Å². The summed E-state index contributed by atoms with van der Waals surface area (Å²) in [5, 5.41) is 0. The number of halogens is 2. The number of hydrogen-bond acceptors (Lipinski definition) is 2. The topological polar surface area (TPSA) is 37.4 Å². The summed E-state index contributed by atoms with van der Waals surface area (Å²) in [6, 6.07) is 6.46. The van der Waals surface area contributed by atoms with E-state index in [0.29, 0.717) is 5.56 Å². The van der Waals surface area contributed by atoms with Crippen LogP contribution in [0.1, 0.15) is 5.56 Å². The molecule has 0 heterocycles. The summed E-state index contributed by atoms with van der Waals surface area (Å²) in [7, 11) is -3.74. The Balaban J connectivity index is 3.32. The first-order valence-electron chi connectivity index (χ1n) is 3.39. The second-order valence-corrected chi connectivity index (χ2v) is 5.45. The van der Waals surface area contributed by atoms with Gasteiger partial charge in [0.2, 0.25) is 0 Å². The average molecular weight is 240 g/mol. The van der Waals surface area contributed by atoms with Gasteiger partial charge in [-0.15, -0.1) is 0 Å². The van der Waals surface area contributed by atoms with Crippen LogP contribution in [0, 0.1) is 6.92 Å². The van der Waals surface area contributed by atoms with Gasteiger partial charge in [-0.1, -0.05) is 18.2 Å². The molecule has 0 saturated heterocycles. The van der Waals surface area contributed by atoms with Crippen LogP contribution in [-0.2, 0) is 10.0 Å². The zero-order chi connectivity index (χ0) is 10.1. The lowest BCUT2D eigenvalue weighted by Gasteiger charge is -2.07. The van der Waals surface area contributed by atoms with Gasteiger partial charge in [0, 0.05) is 23.6 Å². The molecule has 0 amide bonds.